The zero-order chi connectivity index (χ0) is 14.5. The summed E-state index contributed by atoms with van der Waals surface area (Å²) in [5.41, 5.74) is 5.87. The maximum Gasteiger partial charge on any atom is 0.0769 e. The molecule has 0 fully saturated rings. The van der Waals surface area contributed by atoms with Crippen molar-refractivity contribution in [3.05, 3.63) is 58.7 Å². The second-order valence-electron chi connectivity index (χ2n) is 5.40. The van der Waals surface area contributed by atoms with Crippen molar-refractivity contribution in [2.24, 2.45) is 0 Å². The van der Waals surface area contributed by atoms with Gasteiger partial charge in [-0.3, -0.25) is 9.97 Å². The molecule has 2 heterocycles. The normalized spacial score (nSPS) is 12.4. The molecular weight excluding hydrogens is 246 g/mol. The van der Waals surface area contributed by atoms with Gasteiger partial charge in [0.15, 0.2) is 0 Å². The van der Waals surface area contributed by atoms with Gasteiger partial charge in [0.05, 0.1) is 11.7 Å². The van der Waals surface area contributed by atoms with E-state index in [0.29, 0.717) is 0 Å². The number of nitrogens with zero attached hydrogens (tertiary/aromatic N) is 2. The third kappa shape index (κ3) is 3.42. The topological polar surface area (TPSA) is 37.8 Å². The number of hydrogen-bond donors (Lipinski definition) is 1. The van der Waals surface area contributed by atoms with Gasteiger partial charge >= 0.3 is 0 Å². The summed E-state index contributed by atoms with van der Waals surface area (Å²) in [4.78, 5) is 8.96. The highest BCUT2D eigenvalue weighted by atomic mass is 14.9. The van der Waals surface area contributed by atoms with Crippen LogP contribution in [0.5, 0.6) is 0 Å². The maximum atomic E-state index is 4.65. The molecule has 0 spiro atoms. The summed E-state index contributed by atoms with van der Waals surface area (Å²) in [7, 11) is 0. The van der Waals surface area contributed by atoms with Crippen LogP contribution in [-0.4, -0.2) is 16.5 Å². The molecular formula is C17H23N3. The van der Waals surface area contributed by atoms with Crippen LogP contribution in [0.25, 0.3) is 0 Å². The molecule has 20 heavy (non-hydrogen) atoms. The Morgan fingerprint density at radius 3 is 2.45 bits per heavy atom. The summed E-state index contributed by atoms with van der Waals surface area (Å²) in [5, 5.41) is 3.59. The lowest BCUT2D eigenvalue weighted by Crippen LogP contribution is -2.25. The van der Waals surface area contributed by atoms with Gasteiger partial charge in [-0.2, -0.15) is 0 Å². The first-order valence-corrected chi connectivity index (χ1v) is 7.20. The molecule has 0 aliphatic heterocycles. The minimum absolute atomic E-state index is 0.114. The van der Waals surface area contributed by atoms with Gasteiger partial charge in [-0.1, -0.05) is 19.1 Å². The summed E-state index contributed by atoms with van der Waals surface area (Å²) < 4.78 is 0. The molecule has 1 N–H and O–H groups in total. The van der Waals surface area contributed by atoms with E-state index >= 15 is 0 Å². The number of nitrogens with one attached hydrogen (secondary N) is 1. The average Bonchev–Trinajstić information content (AvgIpc) is 2.41. The molecule has 2 aromatic rings. The van der Waals surface area contributed by atoms with E-state index < -0.39 is 0 Å². The Bertz CT molecular complexity index is 578. The Hall–Kier alpha value is -1.74. The van der Waals surface area contributed by atoms with Gasteiger partial charge in [0.1, 0.15) is 0 Å². The Labute approximate surface area is 121 Å². The lowest BCUT2D eigenvalue weighted by molar-refractivity contribution is 0.581. The molecule has 2 rings (SSSR count). The number of aromatic nitrogens is 2. The molecule has 0 aliphatic carbocycles. The van der Waals surface area contributed by atoms with E-state index in [2.05, 4.69) is 55.1 Å². The van der Waals surface area contributed by atoms with Crippen LogP contribution in [0.1, 0.15) is 47.3 Å². The van der Waals surface area contributed by atoms with Crippen molar-refractivity contribution < 1.29 is 0 Å². The standard InChI is InChI=1S/C17H23N3/c1-5-6-19-17(15-8-13(3)9-18-11-15)16-14(4)7-12(2)10-20-16/h7-11,17,19H,5-6H2,1-4H3. The van der Waals surface area contributed by atoms with Gasteiger partial charge in [0.25, 0.3) is 0 Å². The van der Waals surface area contributed by atoms with Crippen LogP contribution in [0.4, 0.5) is 0 Å². The molecule has 1 unspecified atom stereocenters. The van der Waals surface area contributed by atoms with Gasteiger partial charge in [0, 0.05) is 18.6 Å². The quantitative estimate of drug-likeness (QED) is 0.903. The summed E-state index contributed by atoms with van der Waals surface area (Å²) in [5.74, 6) is 0. The van der Waals surface area contributed by atoms with Crippen molar-refractivity contribution in [3.8, 4) is 0 Å². The highest BCUT2D eigenvalue weighted by Gasteiger charge is 2.17. The molecule has 106 valence electrons. The summed E-state index contributed by atoms with van der Waals surface area (Å²) >= 11 is 0. The Balaban J connectivity index is 2.41. The van der Waals surface area contributed by atoms with Crippen LogP contribution in [0.2, 0.25) is 0 Å². The van der Waals surface area contributed by atoms with Crippen LogP contribution < -0.4 is 5.32 Å². The first kappa shape index (κ1) is 14.7. The van der Waals surface area contributed by atoms with Gasteiger partial charge in [-0.15, -0.1) is 0 Å². The van der Waals surface area contributed by atoms with Crippen LogP contribution in [-0.2, 0) is 0 Å². The summed E-state index contributed by atoms with van der Waals surface area (Å²) in [6.07, 6.45) is 6.85. The van der Waals surface area contributed by atoms with Gasteiger partial charge in [0.2, 0.25) is 0 Å². The van der Waals surface area contributed by atoms with Crippen molar-refractivity contribution in [2.75, 3.05) is 6.54 Å². The fraction of sp³-hybridized carbons (Fsp3) is 0.412. The number of hydrogen-bond acceptors (Lipinski definition) is 3. The molecule has 0 amide bonds. The molecule has 3 heteroatoms. The van der Waals surface area contributed by atoms with Gasteiger partial charge in [-0.05, 0) is 56.0 Å². The zero-order valence-corrected chi connectivity index (χ0v) is 12.8. The third-order valence-corrected chi connectivity index (χ3v) is 3.36. The number of aryl methyl sites for hydroxylation is 3. The molecule has 0 aromatic carbocycles. The van der Waals surface area contributed by atoms with Crippen LogP contribution in [0.15, 0.2) is 30.7 Å². The van der Waals surface area contributed by atoms with E-state index in [-0.39, 0.29) is 6.04 Å². The van der Waals surface area contributed by atoms with E-state index in [1.807, 2.05) is 18.6 Å². The number of pyridine rings is 2. The first-order valence-electron chi connectivity index (χ1n) is 7.20. The maximum absolute atomic E-state index is 4.65. The lowest BCUT2D eigenvalue weighted by atomic mass is 9.99. The van der Waals surface area contributed by atoms with Crippen LogP contribution in [0, 0.1) is 20.8 Å². The largest absolute Gasteiger partial charge is 0.305 e. The SMILES string of the molecule is CCCNC(c1cncc(C)c1)c1ncc(C)cc1C. The molecule has 0 radical (unpaired) electrons. The Morgan fingerprint density at radius 2 is 1.80 bits per heavy atom. The summed E-state index contributed by atoms with van der Waals surface area (Å²) in [6.45, 7) is 9.41. The fourth-order valence-corrected chi connectivity index (χ4v) is 2.43. The highest BCUT2D eigenvalue weighted by Crippen LogP contribution is 2.23. The second kappa shape index (κ2) is 6.62. The second-order valence-corrected chi connectivity index (χ2v) is 5.40. The van der Waals surface area contributed by atoms with E-state index in [1.165, 1.54) is 22.3 Å². The van der Waals surface area contributed by atoms with E-state index in [9.17, 15) is 0 Å². The van der Waals surface area contributed by atoms with Crippen molar-refractivity contribution in [1.82, 2.24) is 15.3 Å². The predicted octanol–water partition coefficient (Wildman–Crippen LogP) is 3.49. The Morgan fingerprint density at radius 1 is 1.05 bits per heavy atom. The molecule has 0 saturated carbocycles. The monoisotopic (exact) mass is 269 g/mol. The predicted molar refractivity (Wildman–Crippen MR) is 82.8 cm³/mol. The van der Waals surface area contributed by atoms with E-state index in [4.69, 9.17) is 0 Å². The molecule has 3 nitrogen and oxygen atoms in total. The molecule has 0 aliphatic rings. The van der Waals surface area contributed by atoms with Crippen molar-refractivity contribution in [1.29, 1.82) is 0 Å². The van der Waals surface area contributed by atoms with Crippen LogP contribution in [0.3, 0.4) is 0 Å². The lowest BCUT2D eigenvalue weighted by Gasteiger charge is -2.20. The van der Waals surface area contributed by atoms with Crippen molar-refractivity contribution >= 4 is 0 Å². The zero-order valence-electron chi connectivity index (χ0n) is 12.8. The average molecular weight is 269 g/mol. The number of rotatable bonds is 5. The van der Waals surface area contributed by atoms with Crippen LogP contribution >= 0.6 is 0 Å². The van der Waals surface area contributed by atoms with E-state index in [1.54, 1.807) is 0 Å². The van der Waals surface area contributed by atoms with Gasteiger partial charge < -0.3 is 5.32 Å². The minimum Gasteiger partial charge on any atom is -0.305 e. The molecule has 0 bridgehead atoms. The van der Waals surface area contributed by atoms with Crippen molar-refractivity contribution in [3.63, 3.8) is 0 Å². The molecule has 0 saturated heterocycles. The minimum atomic E-state index is 0.114. The first-order chi connectivity index (χ1) is 9.61. The van der Waals surface area contributed by atoms with Crippen molar-refractivity contribution in [2.45, 2.75) is 40.2 Å². The fourth-order valence-electron chi connectivity index (χ4n) is 2.43. The Kier molecular flexibility index (Phi) is 4.85. The smallest absolute Gasteiger partial charge is 0.0769 e. The summed E-state index contributed by atoms with van der Waals surface area (Å²) in [6, 6.07) is 4.48. The molecule has 1 atom stereocenters. The molecule has 2 aromatic heterocycles. The highest BCUT2D eigenvalue weighted by molar-refractivity contribution is 5.33. The van der Waals surface area contributed by atoms with Gasteiger partial charge in [-0.25, -0.2) is 0 Å². The van der Waals surface area contributed by atoms with E-state index in [0.717, 1.165) is 18.7 Å². The third-order valence-electron chi connectivity index (χ3n) is 3.36.